The molecule has 4 N–H and O–H groups in total. The van der Waals surface area contributed by atoms with Gasteiger partial charge in [-0.3, -0.25) is 14.6 Å². The average molecular weight is 295 g/mol. The highest BCUT2D eigenvalue weighted by Crippen LogP contribution is 2.32. The maximum atomic E-state index is 12.1. The van der Waals surface area contributed by atoms with E-state index in [1.165, 1.54) is 0 Å². The van der Waals surface area contributed by atoms with Crippen LogP contribution >= 0.6 is 0 Å². The van der Waals surface area contributed by atoms with Crippen molar-refractivity contribution in [2.24, 2.45) is 5.92 Å². The van der Waals surface area contributed by atoms with E-state index >= 15 is 0 Å². The molecular formula is C13H17N3O5. The van der Waals surface area contributed by atoms with Gasteiger partial charge in [-0.05, 0) is 31.6 Å². The third-order valence-corrected chi connectivity index (χ3v) is 3.95. The first kappa shape index (κ1) is 15.0. The van der Waals surface area contributed by atoms with Crippen molar-refractivity contribution >= 4 is 11.9 Å². The highest BCUT2D eigenvalue weighted by Gasteiger charge is 2.42. The quantitative estimate of drug-likeness (QED) is 0.614. The Kier molecular flexibility index (Phi) is 3.97. The van der Waals surface area contributed by atoms with Gasteiger partial charge in [-0.2, -0.15) is 0 Å². The number of aliphatic carboxylic acids is 1. The van der Waals surface area contributed by atoms with Crippen molar-refractivity contribution < 1.29 is 14.7 Å². The summed E-state index contributed by atoms with van der Waals surface area (Å²) in [5.74, 6) is -1.50. The molecular weight excluding hydrogens is 278 g/mol. The molecule has 0 spiro atoms. The van der Waals surface area contributed by atoms with E-state index < -0.39 is 28.7 Å². The molecule has 0 radical (unpaired) electrons. The molecule has 1 aromatic heterocycles. The highest BCUT2D eigenvalue weighted by atomic mass is 16.4. The van der Waals surface area contributed by atoms with Crippen LogP contribution in [0.4, 0.5) is 0 Å². The largest absolute Gasteiger partial charge is 0.480 e. The summed E-state index contributed by atoms with van der Waals surface area (Å²) in [5, 5.41) is 11.9. The van der Waals surface area contributed by atoms with Crippen molar-refractivity contribution in [1.29, 1.82) is 0 Å². The number of carboxylic acid groups (broad SMARTS) is 1. The van der Waals surface area contributed by atoms with Crippen molar-refractivity contribution in [3.63, 3.8) is 0 Å². The van der Waals surface area contributed by atoms with E-state index in [-0.39, 0.29) is 5.56 Å². The van der Waals surface area contributed by atoms with Crippen LogP contribution in [0.3, 0.4) is 0 Å². The number of nitrogens with one attached hydrogen (secondary N) is 3. The standard InChI is InChI=1S/C13H17N3O5/c1-7-2-4-13(5-3-7,11(19)20)16-10(18)8-6-14-12(21)15-9(8)17/h6-7H,2-5H2,1H3,(H,16,18)(H,19,20)(H2,14,15,17,21). The molecule has 0 atom stereocenters. The molecule has 1 fully saturated rings. The van der Waals surface area contributed by atoms with Crippen LogP contribution in [0.25, 0.3) is 0 Å². The fraction of sp³-hybridized carbons (Fsp3) is 0.538. The second kappa shape index (κ2) is 5.55. The molecule has 8 nitrogen and oxygen atoms in total. The number of amides is 1. The summed E-state index contributed by atoms with van der Waals surface area (Å²) in [6.07, 6.45) is 2.99. The topological polar surface area (TPSA) is 132 Å². The van der Waals surface area contributed by atoms with Gasteiger partial charge in [-0.15, -0.1) is 0 Å². The molecule has 0 unspecified atom stereocenters. The van der Waals surface area contributed by atoms with Crippen LogP contribution < -0.4 is 16.6 Å². The predicted molar refractivity (Wildman–Crippen MR) is 73.1 cm³/mol. The molecule has 21 heavy (non-hydrogen) atoms. The van der Waals surface area contributed by atoms with Gasteiger partial charge in [0.1, 0.15) is 11.1 Å². The van der Waals surface area contributed by atoms with Crippen LogP contribution in [0, 0.1) is 5.92 Å². The first-order valence-electron chi connectivity index (χ1n) is 6.72. The summed E-state index contributed by atoms with van der Waals surface area (Å²) in [4.78, 5) is 50.3. The van der Waals surface area contributed by atoms with E-state index in [0.29, 0.717) is 31.6 Å². The lowest BCUT2D eigenvalue weighted by molar-refractivity contribution is -0.146. The molecule has 1 heterocycles. The van der Waals surface area contributed by atoms with E-state index in [2.05, 4.69) is 10.3 Å². The Hall–Kier alpha value is -2.38. The van der Waals surface area contributed by atoms with Gasteiger partial charge in [0.25, 0.3) is 11.5 Å². The smallest absolute Gasteiger partial charge is 0.329 e. The Bertz CT molecular complexity index is 667. The summed E-state index contributed by atoms with van der Waals surface area (Å²) >= 11 is 0. The van der Waals surface area contributed by atoms with E-state index in [1.54, 1.807) is 0 Å². The number of hydrogen-bond donors (Lipinski definition) is 4. The number of aromatic nitrogens is 2. The lowest BCUT2D eigenvalue weighted by atomic mass is 9.77. The van der Waals surface area contributed by atoms with Crippen LogP contribution in [0.1, 0.15) is 43.0 Å². The summed E-state index contributed by atoms with van der Waals surface area (Å²) in [7, 11) is 0. The molecule has 0 bridgehead atoms. The Balaban J connectivity index is 2.25. The van der Waals surface area contributed by atoms with Crippen molar-refractivity contribution in [3.8, 4) is 0 Å². The Labute approximate surface area is 119 Å². The van der Waals surface area contributed by atoms with Gasteiger partial charge in [-0.25, -0.2) is 9.59 Å². The number of carbonyl (C=O) groups excluding carboxylic acids is 1. The fourth-order valence-electron chi connectivity index (χ4n) is 2.51. The van der Waals surface area contributed by atoms with Crippen LogP contribution in [-0.2, 0) is 4.79 Å². The third kappa shape index (κ3) is 3.04. The van der Waals surface area contributed by atoms with Crippen molar-refractivity contribution in [2.75, 3.05) is 0 Å². The summed E-state index contributed by atoms with van der Waals surface area (Å²) in [6.45, 7) is 2.03. The number of carboxylic acids is 1. The van der Waals surface area contributed by atoms with Crippen LogP contribution in [0.2, 0.25) is 0 Å². The zero-order valence-electron chi connectivity index (χ0n) is 11.6. The zero-order valence-corrected chi connectivity index (χ0v) is 11.6. The highest BCUT2D eigenvalue weighted by molar-refractivity contribution is 5.97. The second-order valence-electron chi connectivity index (χ2n) is 5.51. The van der Waals surface area contributed by atoms with Gasteiger partial charge in [-0.1, -0.05) is 6.92 Å². The van der Waals surface area contributed by atoms with Crippen molar-refractivity contribution in [3.05, 3.63) is 32.6 Å². The monoisotopic (exact) mass is 295 g/mol. The first-order chi connectivity index (χ1) is 9.84. The maximum absolute atomic E-state index is 12.1. The maximum Gasteiger partial charge on any atom is 0.329 e. The number of rotatable bonds is 3. The second-order valence-corrected chi connectivity index (χ2v) is 5.51. The number of H-pyrrole nitrogens is 2. The van der Waals surface area contributed by atoms with Crippen LogP contribution in [-0.4, -0.2) is 32.5 Å². The molecule has 114 valence electrons. The minimum atomic E-state index is -1.35. The normalized spacial score (nSPS) is 25.3. The zero-order chi connectivity index (χ0) is 15.6. The Morgan fingerprint density at radius 2 is 1.95 bits per heavy atom. The number of aromatic amines is 2. The van der Waals surface area contributed by atoms with E-state index in [1.807, 2.05) is 11.9 Å². The third-order valence-electron chi connectivity index (χ3n) is 3.95. The summed E-state index contributed by atoms with van der Waals surface area (Å²) in [6, 6.07) is 0. The molecule has 1 aliphatic rings. The summed E-state index contributed by atoms with van der Waals surface area (Å²) in [5.41, 5.74) is -3.24. The molecule has 1 amide bonds. The SMILES string of the molecule is CC1CCC(NC(=O)c2c[nH]c(=O)[nH]c2=O)(C(=O)O)CC1. The molecule has 0 aliphatic heterocycles. The molecule has 0 aromatic carbocycles. The van der Waals surface area contributed by atoms with E-state index in [4.69, 9.17) is 0 Å². The van der Waals surface area contributed by atoms with Gasteiger partial charge >= 0.3 is 11.7 Å². The predicted octanol–water partition coefficient (Wildman–Crippen LogP) is -0.173. The number of carbonyl (C=O) groups is 2. The van der Waals surface area contributed by atoms with Gasteiger partial charge in [0.2, 0.25) is 0 Å². The van der Waals surface area contributed by atoms with Crippen LogP contribution in [0.15, 0.2) is 15.8 Å². The molecule has 2 rings (SSSR count). The Morgan fingerprint density at radius 1 is 1.33 bits per heavy atom. The van der Waals surface area contributed by atoms with E-state index in [0.717, 1.165) is 6.20 Å². The lowest BCUT2D eigenvalue weighted by Gasteiger charge is -2.36. The molecule has 1 aliphatic carbocycles. The lowest BCUT2D eigenvalue weighted by Crippen LogP contribution is -2.57. The van der Waals surface area contributed by atoms with Gasteiger partial charge < -0.3 is 15.4 Å². The fourth-order valence-corrected chi connectivity index (χ4v) is 2.51. The van der Waals surface area contributed by atoms with E-state index in [9.17, 15) is 24.3 Å². The average Bonchev–Trinajstić information content (AvgIpc) is 2.41. The van der Waals surface area contributed by atoms with Gasteiger partial charge in [0.05, 0.1) is 0 Å². The molecule has 8 heteroatoms. The number of hydrogen-bond acceptors (Lipinski definition) is 4. The Morgan fingerprint density at radius 3 is 2.48 bits per heavy atom. The minimum Gasteiger partial charge on any atom is -0.480 e. The van der Waals surface area contributed by atoms with Crippen molar-refractivity contribution in [1.82, 2.24) is 15.3 Å². The summed E-state index contributed by atoms with van der Waals surface area (Å²) < 4.78 is 0. The molecule has 1 aromatic rings. The molecule has 1 saturated carbocycles. The first-order valence-corrected chi connectivity index (χ1v) is 6.72. The minimum absolute atomic E-state index is 0.311. The van der Waals surface area contributed by atoms with Crippen LogP contribution in [0.5, 0.6) is 0 Å². The van der Waals surface area contributed by atoms with Crippen molar-refractivity contribution in [2.45, 2.75) is 38.1 Å². The molecule has 0 saturated heterocycles. The van der Waals surface area contributed by atoms with Gasteiger partial charge in [0, 0.05) is 6.20 Å². The van der Waals surface area contributed by atoms with Gasteiger partial charge in [0.15, 0.2) is 0 Å².